The van der Waals surface area contributed by atoms with E-state index in [1.807, 2.05) is 13.8 Å². The zero-order valence-corrected chi connectivity index (χ0v) is 12.2. The molecule has 18 heavy (non-hydrogen) atoms. The van der Waals surface area contributed by atoms with Gasteiger partial charge in [-0.05, 0) is 38.1 Å². The van der Waals surface area contributed by atoms with Crippen molar-refractivity contribution >= 4 is 21.9 Å². The topological polar surface area (TPSA) is 40.5 Å². The minimum absolute atomic E-state index is 0.110. The lowest BCUT2D eigenvalue weighted by molar-refractivity contribution is -0.143. The summed E-state index contributed by atoms with van der Waals surface area (Å²) in [7, 11) is 1.77. The molecule has 100 valence electrons. The average molecular weight is 318 g/mol. The maximum atomic E-state index is 13.0. The van der Waals surface area contributed by atoms with E-state index in [1.165, 1.54) is 12.1 Å². The molecule has 0 aromatic heterocycles. The molecule has 2 atom stereocenters. The highest BCUT2D eigenvalue weighted by atomic mass is 79.9. The van der Waals surface area contributed by atoms with Crippen LogP contribution in [0.1, 0.15) is 31.9 Å². The molecule has 0 saturated heterocycles. The van der Waals surface area contributed by atoms with E-state index in [9.17, 15) is 9.18 Å². The summed E-state index contributed by atoms with van der Waals surface area (Å²) in [5, 5.41) is 9.14. The summed E-state index contributed by atoms with van der Waals surface area (Å²) in [6.07, 6.45) is 0.523. The Labute approximate surface area is 115 Å². The third kappa shape index (κ3) is 3.29. The molecule has 5 heteroatoms. The Morgan fingerprint density at radius 3 is 2.61 bits per heavy atom. The molecule has 0 saturated carbocycles. The van der Waals surface area contributed by atoms with E-state index in [2.05, 4.69) is 15.9 Å². The summed E-state index contributed by atoms with van der Waals surface area (Å²) in [6.45, 7) is 3.74. The van der Waals surface area contributed by atoms with Gasteiger partial charge in [-0.3, -0.25) is 9.69 Å². The third-order valence-electron chi connectivity index (χ3n) is 3.19. The smallest absolute Gasteiger partial charge is 0.320 e. The van der Waals surface area contributed by atoms with Crippen LogP contribution in [-0.2, 0) is 4.79 Å². The predicted molar refractivity (Wildman–Crippen MR) is 72.0 cm³/mol. The summed E-state index contributed by atoms with van der Waals surface area (Å²) in [5.41, 5.74) is 0.874. The van der Waals surface area contributed by atoms with Gasteiger partial charge in [-0.25, -0.2) is 4.39 Å². The molecule has 0 bridgehead atoms. The molecule has 1 aromatic rings. The molecule has 0 aliphatic rings. The van der Waals surface area contributed by atoms with E-state index in [4.69, 9.17) is 5.11 Å². The van der Waals surface area contributed by atoms with Crippen LogP contribution in [0.2, 0.25) is 0 Å². The van der Waals surface area contributed by atoms with Crippen molar-refractivity contribution in [1.29, 1.82) is 0 Å². The largest absolute Gasteiger partial charge is 0.480 e. The lowest BCUT2D eigenvalue weighted by atomic mass is 10.0. The van der Waals surface area contributed by atoms with Gasteiger partial charge in [0, 0.05) is 10.5 Å². The van der Waals surface area contributed by atoms with E-state index in [0.29, 0.717) is 10.9 Å². The van der Waals surface area contributed by atoms with Crippen LogP contribution in [0.25, 0.3) is 0 Å². The highest BCUT2D eigenvalue weighted by Gasteiger charge is 2.26. The predicted octanol–water partition coefficient (Wildman–Crippen LogP) is 3.44. The van der Waals surface area contributed by atoms with E-state index in [-0.39, 0.29) is 11.9 Å². The van der Waals surface area contributed by atoms with Crippen molar-refractivity contribution in [3.63, 3.8) is 0 Å². The zero-order chi connectivity index (χ0) is 13.9. The normalized spacial score (nSPS) is 14.6. The van der Waals surface area contributed by atoms with E-state index >= 15 is 0 Å². The molecule has 0 aliphatic carbocycles. The second-order valence-electron chi connectivity index (χ2n) is 4.27. The standard InChI is InChI=1S/C13H17BrFNO2/c1-4-12(13(17)18)16(3)8(2)10-6-5-9(15)7-11(10)14/h5-8,12H,4H2,1-3H3,(H,17,18). The molecular weight excluding hydrogens is 301 g/mol. The minimum Gasteiger partial charge on any atom is -0.480 e. The number of halogens is 2. The van der Waals surface area contributed by atoms with Crippen LogP contribution >= 0.6 is 15.9 Å². The lowest BCUT2D eigenvalue weighted by Gasteiger charge is -2.30. The number of likely N-dealkylation sites (N-methyl/N-ethyl adjacent to an activating group) is 1. The molecule has 0 radical (unpaired) electrons. The highest BCUT2D eigenvalue weighted by molar-refractivity contribution is 9.10. The van der Waals surface area contributed by atoms with Crippen molar-refractivity contribution in [3.05, 3.63) is 34.1 Å². The molecule has 0 fully saturated rings. The lowest BCUT2D eigenvalue weighted by Crippen LogP contribution is -2.39. The molecule has 3 nitrogen and oxygen atoms in total. The summed E-state index contributed by atoms with van der Waals surface area (Å²) < 4.78 is 13.7. The Kier molecular flexibility index (Phi) is 5.28. The minimum atomic E-state index is -0.843. The van der Waals surface area contributed by atoms with Gasteiger partial charge in [0.2, 0.25) is 0 Å². The number of aliphatic carboxylic acids is 1. The van der Waals surface area contributed by atoms with Crippen LogP contribution in [0.4, 0.5) is 4.39 Å². The van der Waals surface area contributed by atoms with E-state index in [1.54, 1.807) is 18.0 Å². The Balaban J connectivity index is 2.98. The van der Waals surface area contributed by atoms with Crippen LogP contribution in [-0.4, -0.2) is 29.1 Å². The van der Waals surface area contributed by atoms with Crippen LogP contribution in [0, 0.1) is 5.82 Å². The third-order valence-corrected chi connectivity index (χ3v) is 3.87. The molecule has 0 spiro atoms. The van der Waals surface area contributed by atoms with Gasteiger partial charge >= 0.3 is 5.97 Å². The van der Waals surface area contributed by atoms with Crippen molar-refractivity contribution in [1.82, 2.24) is 4.90 Å². The molecule has 0 heterocycles. The quantitative estimate of drug-likeness (QED) is 0.904. The number of benzene rings is 1. The summed E-state index contributed by atoms with van der Waals surface area (Å²) in [5.74, 6) is -1.16. The molecule has 1 N–H and O–H groups in total. The zero-order valence-electron chi connectivity index (χ0n) is 10.7. The second kappa shape index (κ2) is 6.29. The first-order valence-electron chi connectivity index (χ1n) is 5.78. The van der Waals surface area contributed by atoms with Gasteiger partial charge in [-0.15, -0.1) is 0 Å². The van der Waals surface area contributed by atoms with Crippen molar-refractivity contribution < 1.29 is 14.3 Å². The maximum absolute atomic E-state index is 13.0. The number of carboxylic acid groups (broad SMARTS) is 1. The first kappa shape index (κ1) is 15.1. The molecular formula is C13H17BrFNO2. The highest BCUT2D eigenvalue weighted by Crippen LogP contribution is 2.29. The number of hydrogen-bond donors (Lipinski definition) is 1. The van der Waals surface area contributed by atoms with Gasteiger partial charge in [0.05, 0.1) is 0 Å². The van der Waals surface area contributed by atoms with Gasteiger partial charge in [0.15, 0.2) is 0 Å². The summed E-state index contributed by atoms with van der Waals surface area (Å²) in [4.78, 5) is 12.9. The molecule has 0 aliphatic heterocycles. The maximum Gasteiger partial charge on any atom is 0.320 e. The number of hydrogen-bond acceptors (Lipinski definition) is 2. The Hall–Kier alpha value is -0.940. The number of nitrogens with zero attached hydrogens (tertiary/aromatic N) is 1. The van der Waals surface area contributed by atoms with Crippen molar-refractivity contribution in [2.24, 2.45) is 0 Å². The first-order chi connectivity index (χ1) is 8.38. The van der Waals surface area contributed by atoms with E-state index < -0.39 is 12.0 Å². The molecule has 2 unspecified atom stereocenters. The fourth-order valence-corrected chi connectivity index (χ4v) is 2.65. The van der Waals surface area contributed by atoms with E-state index in [0.717, 1.165) is 5.56 Å². The number of carbonyl (C=O) groups is 1. The first-order valence-corrected chi connectivity index (χ1v) is 6.57. The fraction of sp³-hybridized carbons (Fsp3) is 0.462. The van der Waals surface area contributed by atoms with Crippen molar-refractivity contribution in [2.75, 3.05) is 7.05 Å². The van der Waals surface area contributed by atoms with Gasteiger partial charge in [0.25, 0.3) is 0 Å². The number of rotatable bonds is 5. The monoisotopic (exact) mass is 317 g/mol. The van der Waals surface area contributed by atoms with Gasteiger partial charge in [-0.1, -0.05) is 28.9 Å². The van der Waals surface area contributed by atoms with Gasteiger partial charge in [-0.2, -0.15) is 0 Å². The van der Waals surface area contributed by atoms with Gasteiger partial charge in [0.1, 0.15) is 11.9 Å². The number of carboxylic acids is 1. The van der Waals surface area contributed by atoms with Crippen LogP contribution in [0.3, 0.4) is 0 Å². The molecule has 0 amide bonds. The molecule has 1 rings (SSSR count). The average Bonchev–Trinajstić information content (AvgIpc) is 2.28. The van der Waals surface area contributed by atoms with Crippen molar-refractivity contribution in [2.45, 2.75) is 32.4 Å². The summed E-state index contributed by atoms with van der Waals surface area (Å²) >= 11 is 3.31. The Morgan fingerprint density at radius 1 is 1.56 bits per heavy atom. The fourth-order valence-electron chi connectivity index (χ4n) is 1.97. The molecule has 1 aromatic carbocycles. The van der Waals surface area contributed by atoms with Crippen LogP contribution in [0.5, 0.6) is 0 Å². The van der Waals surface area contributed by atoms with Crippen molar-refractivity contribution in [3.8, 4) is 0 Å². The van der Waals surface area contributed by atoms with Crippen LogP contribution < -0.4 is 0 Å². The SMILES string of the molecule is CCC(C(=O)O)N(C)C(C)c1ccc(F)cc1Br. The Morgan fingerprint density at radius 2 is 2.17 bits per heavy atom. The Bertz CT molecular complexity index is 439. The van der Waals surface area contributed by atoms with Gasteiger partial charge < -0.3 is 5.11 Å². The second-order valence-corrected chi connectivity index (χ2v) is 5.12. The summed E-state index contributed by atoms with van der Waals surface area (Å²) in [6, 6.07) is 3.79. The van der Waals surface area contributed by atoms with Crippen LogP contribution in [0.15, 0.2) is 22.7 Å².